The first kappa shape index (κ1) is 17.6. The van der Waals surface area contributed by atoms with Crippen molar-refractivity contribution in [2.45, 2.75) is 60.8 Å². The van der Waals surface area contributed by atoms with Crippen LogP contribution in [0.1, 0.15) is 66.4 Å². The van der Waals surface area contributed by atoms with Gasteiger partial charge in [0, 0.05) is 0 Å². The van der Waals surface area contributed by atoms with Crippen LogP contribution in [0, 0.1) is 5.92 Å². The van der Waals surface area contributed by atoms with Gasteiger partial charge in [-0.2, -0.15) is 0 Å². The predicted molar refractivity (Wildman–Crippen MR) is 77.0 cm³/mol. The normalized spacial score (nSPS) is 10.8. The molecule has 1 rings (SSSR count). The lowest BCUT2D eigenvalue weighted by molar-refractivity contribution is 0.524. The lowest BCUT2D eigenvalue weighted by atomic mass is 9.92. The summed E-state index contributed by atoms with van der Waals surface area (Å²) in [7, 11) is 0. The Hall–Kier alpha value is -0.780. The van der Waals surface area contributed by atoms with Crippen LogP contribution in [0.3, 0.4) is 0 Å². The Morgan fingerprint density at radius 3 is 1.62 bits per heavy atom. The average molecular weight is 222 g/mol. The molecule has 0 aromatic heterocycles. The Morgan fingerprint density at radius 1 is 0.812 bits per heavy atom. The minimum atomic E-state index is 0.700. The molecule has 0 spiro atoms. The summed E-state index contributed by atoms with van der Waals surface area (Å²) < 4.78 is 0. The number of hydrogen-bond acceptors (Lipinski definition) is 0. The molecule has 1 atom stereocenters. The molecule has 0 nitrogen and oxygen atoms in total. The molecule has 0 N–H and O–H groups in total. The first-order chi connectivity index (χ1) is 7.70. The van der Waals surface area contributed by atoms with Gasteiger partial charge >= 0.3 is 0 Å². The lowest BCUT2D eigenvalue weighted by Crippen LogP contribution is -1.97. The van der Waals surface area contributed by atoms with Crippen molar-refractivity contribution in [1.29, 1.82) is 0 Å². The Labute approximate surface area is 103 Å². The van der Waals surface area contributed by atoms with Gasteiger partial charge in [0.25, 0.3) is 0 Å². The maximum Gasteiger partial charge on any atom is -0.0188 e. The molecule has 0 saturated carbocycles. The Balaban J connectivity index is 0. The fourth-order valence-corrected chi connectivity index (χ4v) is 1.62. The molecule has 0 fully saturated rings. The molecule has 0 aliphatic heterocycles. The smallest absolute Gasteiger partial charge is 0.0188 e. The molecule has 16 heavy (non-hydrogen) atoms. The third kappa shape index (κ3) is 8.52. The molecular formula is C16H30. The SMILES string of the molecule is CC.CC.CC(C)CC(C)c1ccccc1. The summed E-state index contributed by atoms with van der Waals surface area (Å²) in [5.74, 6) is 1.49. The molecule has 1 unspecified atom stereocenters. The summed E-state index contributed by atoms with van der Waals surface area (Å²) in [6.07, 6.45) is 1.28. The van der Waals surface area contributed by atoms with E-state index in [0.717, 1.165) is 5.92 Å². The van der Waals surface area contributed by atoms with Crippen molar-refractivity contribution in [3.8, 4) is 0 Å². The molecule has 0 saturated heterocycles. The number of hydrogen-bond donors (Lipinski definition) is 0. The van der Waals surface area contributed by atoms with Crippen molar-refractivity contribution in [1.82, 2.24) is 0 Å². The Bertz CT molecular complexity index is 211. The van der Waals surface area contributed by atoms with Crippen LogP contribution >= 0.6 is 0 Å². The highest BCUT2D eigenvalue weighted by Crippen LogP contribution is 2.22. The van der Waals surface area contributed by atoms with Crippen molar-refractivity contribution in [2.24, 2.45) is 5.92 Å². The van der Waals surface area contributed by atoms with Crippen LogP contribution in [0.5, 0.6) is 0 Å². The zero-order valence-electron chi connectivity index (χ0n) is 12.2. The van der Waals surface area contributed by atoms with E-state index >= 15 is 0 Å². The zero-order valence-corrected chi connectivity index (χ0v) is 12.2. The van der Waals surface area contributed by atoms with Crippen molar-refractivity contribution < 1.29 is 0 Å². The topological polar surface area (TPSA) is 0 Å². The summed E-state index contributed by atoms with van der Waals surface area (Å²) in [5, 5.41) is 0. The van der Waals surface area contributed by atoms with Crippen LogP contribution in [-0.2, 0) is 0 Å². The Morgan fingerprint density at radius 2 is 1.25 bits per heavy atom. The second-order valence-corrected chi connectivity index (χ2v) is 3.94. The van der Waals surface area contributed by atoms with Crippen LogP contribution < -0.4 is 0 Å². The summed E-state index contributed by atoms with van der Waals surface area (Å²) in [4.78, 5) is 0. The molecule has 0 heterocycles. The van der Waals surface area contributed by atoms with Gasteiger partial charge in [0.1, 0.15) is 0 Å². The van der Waals surface area contributed by atoms with E-state index in [2.05, 4.69) is 51.1 Å². The number of rotatable bonds is 3. The van der Waals surface area contributed by atoms with Gasteiger partial charge in [0.2, 0.25) is 0 Å². The molecule has 0 aliphatic carbocycles. The van der Waals surface area contributed by atoms with Crippen LogP contribution in [0.25, 0.3) is 0 Å². The molecule has 94 valence electrons. The predicted octanol–water partition coefficient (Wildman–Crippen LogP) is 5.89. The largest absolute Gasteiger partial charge is 0.0683 e. The first-order valence-corrected chi connectivity index (χ1v) is 6.75. The van der Waals surface area contributed by atoms with Gasteiger partial charge in [-0.1, -0.05) is 78.8 Å². The fourth-order valence-electron chi connectivity index (χ4n) is 1.62. The van der Waals surface area contributed by atoms with Crippen LogP contribution in [0.4, 0.5) is 0 Å². The second-order valence-electron chi connectivity index (χ2n) is 3.94. The quantitative estimate of drug-likeness (QED) is 0.598. The second kappa shape index (κ2) is 12.3. The minimum Gasteiger partial charge on any atom is -0.0683 e. The van der Waals surface area contributed by atoms with Gasteiger partial charge in [0.15, 0.2) is 0 Å². The molecule has 0 amide bonds. The summed E-state index contributed by atoms with van der Waals surface area (Å²) >= 11 is 0. The monoisotopic (exact) mass is 222 g/mol. The third-order valence-corrected chi connectivity index (χ3v) is 2.19. The molecular weight excluding hydrogens is 192 g/mol. The summed E-state index contributed by atoms with van der Waals surface area (Å²) in [5.41, 5.74) is 1.46. The maximum atomic E-state index is 2.30. The standard InChI is InChI=1S/C12H18.2C2H6/c1-10(2)9-11(3)12-7-5-4-6-8-12;2*1-2/h4-8,10-11H,9H2,1-3H3;2*1-2H3. The molecule has 0 radical (unpaired) electrons. The van der Waals surface area contributed by atoms with Crippen molar-refractivity contribution in [3.05, 3.63) is 35.9 Å². The van der Waals surface area contributed by atoms with Crippen LogP contribution in [0.15, 0.2) is 30.3 Å². The molecule has 1 aromatic carbocycles. The van der Waals surface area contributed by atoms with E-state index in [1.54, 1.807) is 0 Å². The van der Waals surface area contributed by atoms with E-state index < -0.39 is 0 Å². The zero-order chi connectivity index (χ0) is 13.0. The molecule has 0 heteroatoms. The van der Waals surface area contributed by atoms with Gasteiger partial charge < -0.3 is 0 Å². The highest BCUT2D eigenvalue weighted by atomic mass is 14.1. The summed E-state index contributed by atoms with van der Waals surface area (Å²) in [6, 6.07) is 10.7. The third-order valence-electron chi connectivity index (χ3n) is 2.19. The van der Waals surface area contributed by atoms with E-state index in [1.807, 2.05) is 27.7 Å². The highest BCUT2D eigenvalue weighted by Gasteiger charge is 2.06. The number of benzene rings is 1. The van der Waals surface area contributed by atoms with Crippen molar-refractivity contribution in [3.63, 3.8) is 0 Å². The molecule has 0 aliphatic rings. The Kier molecular flexibility index (Phi) is 13.5. The average Bonchev–Trinajstić information content (AvgIpc) is 2.34. The van der Waals surface area contributed by atoms with Crippen molar-refractivity contribution in [2.75, 3.05) is 0 Å². The van der Waals surface area contributed by atoms with E-state index in [4.69, 9.17) is 0 Å². The van der Waals surface area contributed by atoms with Gasteiger partial charge in [-0.05, 0) is 23.8 Å². The fraction of sp³-hybridized carbons (Fsp3) is 0.625. The highest BCUT2D eigenvalue weighted by molar-refractivity contribution is 5.18. The van der Waals surface area contributed by atoms with E-state index in [-0.39, 0.29) is 0 Å². The van der Waals surface area contributed by atoms with E-state index in [0.29, 0.717) is 5.92 Å². The van der Waals surface area contributed by atoms with E-state index in [9.17, 15) is 0 Å². The van der Waals surface area contributed by atoms with Gasteiger partial charge in [-0.25, -0.2) is 0 Å². The first-order valence-electron chi connectivity index (χ1n) is 6.75. The minimum absolute atomic E-state index is 0.700. The van der Waals surface area contributed by atoms with Gasteiger partial charge in [0.05, 0.1) is 0 Å². The maximum absolute atomic E-state index is 2.30. The van der Waals surface area contributed by atoms with Gasteiger partial charge in [-0.3, -0.25) is 0 Å². The summed E-state index contributed by atoms with van der Waals surface area (Å²) in [6.45, 7) is 14.9. The van der Waals surface area contributed by atoms with Crippen molar-refractivity contribution >= 4 is 0 Å². The van der Waals surface area contributed by atoms with Crippen LogP contribution in [-0.4, -0.2) is 0 Å². The molecule has 1 aromatic rings. The molecule has 0 bridgehead atoms. The van der Waals surface area contributed by atoms with Crippen LogP contribution in [0.2, 0.25) is 0 Å². The van der Waals surface area contributed by atoms with E-state index in [1.165, 1.54) is 12.0 Å². The van der Waals surface area contributed by atoms with Gasteiger partial charge in [-0.15, -0.1) is 0 Å². The lowest BCUT2D eigenvalue weighted by Gasteiger charge is -2.13.